The number of benzene rings is 2. The van der Waals surface area contributed by atoms with Crippen LogP contribution in [0.3, 0.4) is 0 Å². The van der Waals surface area contributed by atoms with Gasteiger partial charge in [-0.15, -0.1) is 0 Å². The molecule has 0 bridgehead atoms. The Bertz CT molecular complexity index is 767. The molecule has 0 aliphatic heterocycles. The van der Waals surface area contributed by atoms with Gasteiger partial charge in [0.15, 0.2) is 0 Å². The molecule has 2 aromatic rings. The van der Waals surface area contributed by atoms with Gasteiger partial charge in [0.05, 0.1) is 0 Å². The first-order valence-electron chi connectivity index (χ1n) is 9.32. The normalized spacial score (nSPS) is 17.4. The van der Waals surface area contributed by atoms with Crippen molar-refractivity contribution in [2.75, 3.05) is 12.8 Å². The van der Waals surface area contributed by atoms with Crippen molar-refractivity contribution in [1.29, 1.82) is 0 Å². The van der Waals surface area contributed by atoms with Gasteiger partial charge in [0.25, 0.3) is 5.91 Å². The first-order valence-corrected chi connectivity index (χ1v) is 11.0. The number of hydrogen-bond acceptors (Lipinski definition) is 2. The Balaban J connectivity index is 1.73. The Kier molecular flexibility index (Phi) is 6.25. The van der Waals surface area contributed by atoms with E-state index in [2.05, 4.69) is 29.6 Å². The lowest BCUT2D eigenvalue weighted by atomic mass is 9.69. The van der Waals surface area contributed by atoms with Crippen molar-refractivity contribution in [2.45, 2.75) is 43.3 Å². The Morgan fingerprint density at radius 1 is 1.04 bits per heavy atom. The minimum absolute atomic E-state index is 0.0394. The maximum Gasteiger partial charge on any atom is 0.251 e. The van der Waals surface area contributed by atoms with E-state index in [9.17, 15) is 9.00 Å². The summed E-state index contributed by atoms with van der Waals surface area (Å²) in [5.41, 5.74) is 2.95. The third kappa shape index (κ3) is 4.61. The molecule has 138 valence electrons. The van der Waals surface area contributed by atoms with Gasteiger partial charge in [-0.05, 0) is 36.1 Å². The standard InChI is InChI=1S/C22H27NO2S/c1-26(25)16-18-9-8-10-19(15-18)21(24)23-17-22(13-6-3-7-14-22)20-11-4-2-5-12-20/h2,4-5,8-12,15H,3,6-7,13-14,16-17H2,1H3,(H,23,24)/t26-/m0/s1. The first-order chi connectivity index (χ1) is 12.6. The zero-order valence-electron chi connectivity index (χ0n) is 15.4. The van der Waals surface area contributed by atoms with Crippen LogP contribution in [0.25, 0.3) is 0 Å². The molecule has 1 saturated carbocycles. The van der Waals surface area contributed by atoms with E-state index in [1.165, 1.54) is 24.8 Å². The van der Waals surface area contributed by atoms with Gasteiger partial charge in [0.1, 0.15) is 0 Å². The molecular weight excluding hydrogens is 342 g/mol. The fourth-order valence-electron chi connectivity index (χ4n) is 3.98. The number of hydrogen-bond donors (Lipinski definition) is 1. The maximum absolute atomic E-state index is 12.7. The Morgan fingerprint density at radius 3 is 2.46 bits per heavy atom. The quantitative estimate of drug-likeness (QED) is 0.829. The van der Waals surface area contributed by atoms with Crippen LogP contribution in [0, 0.1) is 0 Å². The number of nitrogens with one attached hydrogen (secondary N) is 1. The zero-order valence-corrected chi connectivity index (χ0v) is 16.2. The highest BCUT2D eigenvalue weighted by Gasteiger charge is 2.34. The highest BCUT2D eigenvalue weighted by atomic mass is 32.2. The maximum atomic E-state index is 12.7. The average Bonchev–Trinajstić information content (AvgIpc) is 2.67. The lowest BCUT2D eigenvalue weighted by molar-refractivity contribution is 0.0936. The lowest BCUT2D eigenvalue weighted by Gasteiger charge is -2.38. The predicted molar refractivity (Wildman–Crippen MR) is 108 cm³/mol. The molecule has 0 saturated heterocycles. The van der Waals surface area contributed by atoms with Crippen molar-refractivity contribution in [2.24, 2.45) is 0 Å². The van der Waals surface area contributed by atoms with Crippen LogP contribution in [0.2, 0.25) is 0 Å². The lowest BCUT2D eigenvalue weighted by Crippen LogP contribution is -2.42. The average molecular weight is 370 g/mol. The molecule has 26 heavy (non-hydrogen) atoms. The summed E-state index contributed by atoms with van der Waals surface area (Å²) in [7, 11) is -0.909. The molecule has 3 nitrogen and oxygen atoms in total. The SMILES string of the molecule is C[S@](=O)Cc1cccc(C(=O)NCC2(c3ccccc3)CCCCC2)c1. The van der Waals surface area contributed by atoms with Crippen LogP contribution in [0.15, 0.2) is 54.6 Å². The van der Waals surface area contributed by atoms with Gasteiger partial charge in [-0.3, -0.25) is 9.00 Å². The van der Waals surface area contributed by atoms with Crippen molar-refractivity contribution < 1.29 is 9.00 Å². The fraction of sp³-hybridized carbons (Fsp3) is 0.409. The van der Waals surface area contributed by atoms with E-state index in [4.69, 9.17) is 0 Å². The molecule has 4 heteroatoms. The molecule has 3 rings (SSSR count). The monoisotopic (exact) mass is 369 g/mol. The van der Waals surface area contributed by atoms with Crippen LogP contribution in [-0.4, -0.2) is 22.9 Å². The second-order valence-electron chi connectivity index (χ2n) is 7.31. The number of carbonyl (C=O) groups is 1. The first kappa shape index (κ1) is 18.8. The topological polar surface area (TPSA) is 46.2 Å². The van der Waals surface area contributed by atoms with E-state index in [1.807, 2.05) is 30.3 Å². The molecular formula is C22H27NO2S. The Labute approximate surface area is 158 Å². The molecule has 1 N–H and O–H groups in total. The molecule has 0 heterocycles. The minimum Gasteiger partial charge on any atom is -0.351 e. The van der Waals surface area contributed by atoms with Gasteiger partial charge in [0.2, 0.25) is 0 Å². The van der Waals surface area contributed by atoms with Crippen molar-refractivity contribution in [3.63, 3.8) is 0 Å². The number of amides is 1. The molecule has 0 radical (unpaired) electrons. The van der Waals surface area contributed by atoms with E-state index in [-0.39, 0.29) is 11.3 Å². The van der Waals surface area contributed by atoms with Crippen LogP contribution in [0.4, 0.5) is 0 Å². The van der Waals surface area contributed by atoms with E-state index in [0.29, 0.717) is 17.9 Å². The molecule has 0 spiro atoms. The predicted octanol–water partition coefficient (Wildman–Crippen LogP) is 4.20. The number of rotatable bonds is 6. The zero-order chi connectivity index (χ0) is 18.4. The minimum atomic E-state index is -0.909. The molecule has 2 aromatic carbocycles. The summed E-state index contributed by atoms with van der Waals surface area (Å²) in [5, 5.41) is 3.17. The molecule has 1 fully saturated rings. The van der Waals surface area contributed by atoms with Crippen LogP contribution >= 0.6 is 0 Å². The molecule has 1 aliphatic carbocycles. The van der Waals surface area contributed by atoms with Gasteiger partial charge < -0.3 is 5.32 Å². The van der Waals surface area contributed by atoms with Crippen molar-refractivity contribution in [3.8, 4) is 0 Å². The summed E-state index contributed by atoms with van der Waals surface area (Å²) in [6.45, 7) is 0.666. The van der Waals surface area contributed by atoms with E-state index in [1.54, 1.807) is 6.26 Å². The smallest absolute Gasteiger partial charge is 0.251 e. The molecule has 1 aliphatic rings. The van der Waals surface area contributed by atoms with Crippen LogP contribution in [0.1, 0.15) is 53.6 Å². The summed E-state index contributed by atoms with van der Waals surface area (Å²) in [6, 6.07) is 18.1. The fourth-order valence-corrected chi connectivity index (χ4v) is 4.63. The molecule has 1 amide bonds. The third-order valence-electron chi connectivity index (χ3n) is 5.34. The highest BCUT2D eigenvalue weighted by molar-refractivity contribution is 7.83. The van der Waals surface area contributed by atoms with Gasteiger partial charge in [-0.25, -0.2) is 0 Å². The third-order valence-corrected chi connectivity index (χ3v) is 6.08. The van der Waals surface area contributed by atoms with E-state index in [0.717, 1.165) is 18.4 Å². The number of carbonyl (C=O) groups excluding carboxylic acids is 1. The van der Waals surface area contributed by atoms with Gasteiger partial charge >= 0.3 is 0 Å². The second-order valence-corrected chi connectivity index (χ2v) is 8.74. The van der Waals surface area contributed by atoms with Gasteiger partial charge in [0, 0.05) is 40.3 Å². The van der Waals surface area contributed by atoms with Crippen LogP contribution in [0.5, 0.6) is 0 Å². The molecule has 0 aromatic heterocycles. The van der Waals surface area contributed by atoms with Gasteiger partial charge in [-0.2, -0.15) is 0 Å². The summed E-state index contributed by atoms with van der Waals surface area (Å²) >= 11 is 0. The summed E-state index contributed by atoms with van der Waals surface area (Å²) in [5.74, 6) is 0.435. The van der Waals surface area contributed by atoms with Crippen molar-refractivity contribution >= 4 is 16.7 Å². The van der Waals surface area contributed by atoms with Crippen molar-refractivity contribution in [1.82, 2.24) is 5.32 Å². The molecule has 1 atom stereocenters. The molecule has 0 unspecified atom stereocenters. The largest absolute Gasteiger partial charge is 0.351 e. The van der Waals surface area contributed by atoms with Crippen LogP contribution < -0.4 is 5.32 Å². The van der Waals surface area contributed by atoms with Crippen LogP contribution in [-0.2, 0) is 22.0 Å². The second kappa shape index (κ2) is 8.63. The highest BCUT2D eigenvalue weighted by Crippen LogP contribution is 2.38. The Hall–Kier alpha value is -1.94. The Morgan fingerprint density at radius 2 is 1.77 bits per heavy atom. The summed E-state index contributed by atoms with van der Waals surface area (Å²) in [6.07, 6.45) is 7.61. The van der Waals surface area contributed by atoms with Gasteiger partial charge in [-0.1, -0.05) is 61.7 Å². The van der Waals surface area contributed by atoms with E-state index >= 15 is 0 Å². The van der Waals surface area contributed by atoms with Crippen molar-refractivity contribution in [3.05, 3.63) is 71.3 Å². The summed E-state index contributed by atoms with van der Waals surface area (Å²) in [4.78, 5) is 12.7. The van der Waals surface area contributed by atoms with E-state index < -0.39 is 10.8 Å². The summed E-state index contributed by atoms with van der Waals surface area (Å²) < 4.78 is 11.4.